The Kier molecular flexibility index (Phi) is 6.61. The predicted molar refractivity (Wildman–Crippen MR) is 90.2 cm³/mol. The van der Waals surface area contributed by atoms with Crippen LogP contribution in [0.5, 0.6) is 0 Å². The summed E-state index contributed by atoms with van der Waals surface area (Å²) < 4.78 is 0. The molecule has 1 saturated carbocycles. The third-order valence-electron chi connectivity index (χ3n) is 4.84. The van der Waals surface area contributed by atoms with Crippen LogP contribution in [0.2, 0.25) is 0 Å². The van der Waals surface area contributed by atoms with Gasteiger partial charge >= 0.3 is 0 Å². The number of hydrogen-bond acceptors (Lipinski definition) is 4. The smallest absolute Gasteiger partial charge is 0.160 e. The average molecular weight is 319 g/mol. The molecular weight excluding hydrogens is 284 g/mol. The van der Waals surface area contributed by atoms with Gasteiger partial charge in [-0.05, 0) is 47.2 Å². The van der Waals surface area contributed by atoms with Gasteiger partial charge in [-0.1, -0.05) is 41.5 Å². The lowest BCUT2D eigenvalue weighted by atomic mass is 9.59. The molecule has 1 fully saturated rings. The maximum atomic E-state index is 10.8. The van der Waals surface area contributed by atoms with Gasteiger partial charge in [-0.15, -0.1) is 0 Å². The van der Waals surface area contributed by atoms with Gasteiger partial charge in [0.2, 0.25) is 0 Å². The topological polar surface area (TPSA) is 60.7 Å². The third kappa shape index (κ3) is 5.74. The zero-order valence-electron chi connectivity index (χ0n) is 14.5. The first-order valence-electron chi connectivity index (χ1n) is 8.05. The van der Waals surface area contributed by atoms with E-state index in [1.165, 1.54) is 0 Å². The third-order valence-corrected chi connectivity index (χ3v) is 6.09. The Morgan fingerprint density at radius 3 is 1.71 bits per heavy atom. The minimum absolute atomic E-state index is 0.0999. The second-order valence-electron chi connectivity index (χ2n) is 8.79. The zero-order chi connectivity index (χ0) is 16.4. The second kappa shape index (κ2) is 7.20. The molecule has 2 atom stereocenters. The van der Waals surface area contributed by atoms with Crippen LogP contribution in [0.1, 0.15) is 54.4 Å². The fourth-order valence-electron chi connectivity index (χ4n) is 3.58. The number of aliphatic hydroxyl groups is 3. The maximum Gasteiger partial charge on any atom is 0.160 e. The molecule has 1 rings (SSSR count). The van der Waals surface area contributed by atoms with E-state index in [0.29, 0.717) is 23.5 Å². The molecule has 0 aliphatic heterocycles. The highest BCUT2D eigenvalue weighted by Crippen LogP contribution is 2.48. The van der Waals surface area contributed by atoms with Crippen molar-refractivity contribution in [1.82, 2.24) is 0 Å². The molecule has 1 aliphatic carbocycles. The molecule has 0 aromatic carbocycles. The molecule has 0 spiro atoms. The van der Waals surface area contributed by atoms with E-state index in [4.69, 9.17) is 10.2 Å². The molecule has 0 amide bonds. The lowest BCUT2D eigenvalue weighted by molar-refractivity contribution is -0.0802. The molecule has 4 heteroatoms. The van der Waals surface area contributed by atoms with Crippen LogP contribution < -0.4 is 0 Å². The van der Waals surface area contributed by atoms with E-state index < -0.39 is 6.29 Å². The first-order valence-corrected chi connectivity index (χ1v) is 9.20. The van der Waals surface area contributed by atoms with Crippen LogP contribution in [0, 0.1) is 28.6 Å². The van der Waals surface area contributed by atoms with Gasteiger partial charge < -0.3 is 15.3 Å². The Labute approximate surface area is 134 Å². The Bertz CT molecular complexity index is 293. The van der Waals surface area contributed by atoms with E-state index in [2.05, 4.69) is 41.5 Å². The Morgan fingerprint density at radius 2 is 1.38 bits per heavy atom. The highest BCUT2D eigenvalue weighted by Gasteiger charge is 2.45. The van der Waals surface area contributed by atoms with Crippen molar-refractivity contribution >= 4 is 11.8 Å². The predicted octanol–water partition coefficient (Wildman–Crippen LogP) is 3.13. The highest BCUT2D eigenvalue weighted by molar-refractivity contribution is 7.99. The first kappa shape index (κ1) is 19.3. The monoisotopic (exact) mass is 318 g/mol. The van der Waals surface area contributed by atoms with Crippen molar-refractivity contribution in [2.45, 2.75) is 66.8 Å². The molecule has 0 radical (unpaired) electrons. The van der Waals surface area contributed by atoms with Crippen LogP contribution in [0.15, 0.2) is 0 Å². The summed E-state index contributed by atoms with van der Waals surface area (Å²) >= 11 is 1.61. The van der Waals surface area contributed by atoms with Crippen molar-refractivity contribution in [2.75, 3.05) is 11.5 Å². The average Bonchev–Trinajstić information content (AvgIpc) is 2.27. The summed E-state index contributed by atoms with van der Waals surface area (Å²) in [5, 5.41) is 28.8. The van der Waals surface area contributed by atoms with Gasteiger partial charge in [0, 0.05) is 5.75 Å². The molecule has 3 nitrogen and oxygen atoms in total. The van der Waals surface area contributed by atoms with Gasteiger partial charge in [0.25, 0.3) is 0 Å². The molecule has 21 heavy (non-hydrogen) atoms. The van der Waals surface area contributed by atoms with Crippen LogP contribution in [-0.4, -0.2) is 39.2 Å². The van der Waals surface area contributed by atoms with Gasteiger partial charge in [-0.2, -0.15) is 11.8 Å². The minimum Gasteiger partial charge on any atom is -0.393 e. The fraction of sp³-hybridized carbons (Fsp3) is 1.00. The number of thioether (sulfide) groups is 1. The SMILES string of the molecule is CC(C)(C)C1CC(CSCC(O)O)CC(C(C)(C)C)C1O. The quantitative estimate of drug-likeness (QED) is 0.697. The van der Waals surface area contributed by atoms with Crippen LogP contribution in [0.3, 0.4) is 0 Å². The molecule has 0 aromatic heterocycles. The minimum atomic E-state index is -1.22. The molecule has 0 heterocycles. The Morgan fingerprint density at radius 1 is 0.952 bits per heavy atom. The fourth-order valence-corrected chi connectivity index (χ4v) is 4.53. The molecule has 126 valence electrons. The van der Waals surface area contributed by atoms with Crippen LogP contribution in [-0.2, 0) is 0 Å². The lowest BCUT2D eigenvalue weighted by Crippen LogP contribution is -2.48. The van der Waals surface area contributed by atoms with E-state index >= 15 is 0 Å². The molecule has 0 bridgehead atoms. The summed E-state index contributed by atoms with van der Waals surface area (Å²) in [6.07, 6.45) is 0.605. The van der Waals surface area contributed by atoms with Crippen LogP contribution in [0.25, 0.3) is 0 Å². The van der Waals surface area contributed by atoms with Crippen molar-refractivity contribution in [3.63, 3.8) is 0 Å². The molecule has 2 unspecified atom stereocenters. The summed E-state index contributed by atoms with van der Waals surface area (Å²) in [6.45, 7) is 13.3. The maximum absolute atomic E-state index is 10.8. The molecule has 1 aliphatic rings. The van der Waals surface area contributed by atoms with Gasteiger partial charge in [-0.25, -0.2) is 0 Å². The molecule has 0 saturated heterocycles. The zero-order valence-corrected chi connectivity index (χ0v) is 15.3. The van der Waals surface area contributed by atoms with Gasteiger partial charge in [-0.3, -0.25) is 0 Å². The second-order valence-corrected chi connectivity index (χ2v) is 9.87. The Balaban J connectivity index is 2.79. The molecule has 3 N–H and O–H groups in total. The largest absolute Gasteiger partial charge is 0.393 e. The van der Waals surface area contributed by atoms with Gasteiger partial charge in [0.15, 0.2) is 6.29 Å². The Hall–Kier alpha value is 0.230. The first-order chi connectivity index (χ1) is 9.43. The summed E-state index contributed by atoms with van der Waals surface area (Å²) in [4.78, 5) is 0. The molecule has 0 aromatic rings. The van der Waals surface area contributed by atoms with Crippen LogP contribution >= 0.6 is 11.8 Å². The summed E-state index contributed by atoms with van der Waals surface area (Å²) in [6, 6.07) is 0. The normalized spacial score (nSPS) is 31.7. The standard InChI is InChI=1S/C17H34O3S/c1-16(2,3)12-7-11(9-21-10-14(18)19)8-13(15(12)20)17(4,5)6/h11-15,18-20H,7-10H2,1-6H3. The van der Waals surface area contributed by atoms with Gasteiger partial charge in [0.1, 0.15) is 0 Å². The van der Waals surface area contributed by atoms with E-state index in [0.717, 1.165) is 18.6 Å². The van der Waals surface area contributed by atoms with Crippen molar-refractivity contribution in [2.24, 2.45) is 28.6 Å². The summed E-state index contributed by atoms with van der Waals surface area (Å²) in [5.74, 6) is 2.48. The highest BCUT2D eigenvalue weighted by atomic mass is 32.2. The molecular formula is C17H34O3S. The summed E-state index contributed by atoms with van der Waals surface area (Å²) in [7, 11) is 0. The van der Waals surface area contributed by atoms with Crippen molar-refractivity contribution in [3.05, 3.63) is 0 Å². The van der Waals surface area contributed by atoms with E-state index in [-0.39, 0.29) is 16.9 Å². The number of rotatable bonds is 4. The number of aliphatic hydroxyl groups excluding tert-OH is 2. The van der Waals surface area contributed by atoms with E-state index in [9.17, 15) is 5.11 Å². The van der Waals surface area contributed by atoms with Gasteiger partial charge in [0.05, 0.1) is 6.10 Å². The van der Waals surface area contributed by atoms with Crippen molar-refractivity contribution in [1.29, 1.82) is 0 Å². The van der Waals surface area contributed by atoms with Crippen LogP contribution in [0.4, 0.5) is 0 Å². The summed E-state index contributed by atoms with van der Waals surface area (Å²) in [5.41, 5.74) is 0.200. The van der Waals surface area contributed by atoms with Crippen molar-refractivity contribution in [3.8, 4) is 0 Å². The van der Waals surface area contributed by atoms with E-state index in [1.807, 2.05) is 0 Å². The van der Waals surface area contributed by atoms with E-state index in [1.54, 1.807) is 11.8 Å². The van der Waals surface area contributed by atoms with Crippen molar-refractivity contribution < 1.29 is 15.3 Å². The number of hydrogen-bond donors (Lipinski definition) is 3. The lowest BCUT2D eigenvalue weighted by Gasteiger charge is -2.49.